The highest BCUT2D eigenvalue weighted by Gasteiger charge is 2.24. The molecule has 0 saturated carbocycles. The van der Waals surface area contributed by atoms with Crippen LogP contribution in [0.2, 0.25) is 0 Å². The minimum absolute atomic E-state index is 0.180. The summed E-state index contributed by atoms with van der Waals surface area (Å²) >= 11 is 0. The van der Waals surface area contributed by atoms with Gasteiger partial charge >= 0.3 is 0 Å². The van der Waals surface area contributed by atoms with Gasteiger partial charge in [0.1, 0.15) is 0 Å². The molecule has 0 aliphatic carbocycles. The van der Waals surface area contributed by atoms with Gasteiger partial charge in [0.05, 0.1) is 18.8 Å². The third-order valence-electron chi connectivity index (χ3n) is 4.36. The van der Waals surface area contributed by atoms with E-state index < -0.39 is 0 Å². The van der Waals surface area contributed by atoms with Crippen molar-refractivity contribution in [2.45, 2.75) is 44.9 Å². The summed E-state index contributed by atoms with van der Waals surface area (Å²) in [6, 6.07) is 11.2. The van der Waals surface area contributed by atoms with Crippen LogP contribution in [0.3, 0.4) is 0 Å². The van der Waals surface area contributed by atoms with Crippen molar-refractivity contribution in [2.24, 2.45) is 0 Å². The highest BCUT2D eigenvalue weighted by Crippen LogP contribution is 2.21. The van der Waals surface area contributed by atoms with Crippen LogP contribution >= 0.6 is 0 Å². The van der Waals surface area contributed by atoms with Crippen LogP contribution in [0.5, 0.6) is 0 Å². The number of piperidine rings is 1. The minimum Gasteiger partial charge on any atom is -0.389 e. The average Bonchev–Trinajstić information content (AvgIpc) is 2.54. The molecule has 0 bridgehead atoms. The highest BCUT2D eigenvalue weighted by atomic mass is 16.5. The summed E-state index contributed by atoms with van der Waals surface area (Å²) in [7, 11) is 2.18. The maximum Gasteiger partial charge on any atom is 0.0900 e. The van der Waals surface area contributed by atoms with E-state index in [1.165, 1.54) is 5.69 Å². The minimum atomic E-state index is -0.384. The maximum absolute atomic E-state index is 10.0. The first-order chi connectivity index (χ1) is 10.6. The van der Waals surface area contributed by atoms with Crippen LogP contribution in [0.4, 0.5) is 5.69 Å². The first-order valence-corrected chi connectivity index (χ1v) is 8.36. The molecular weight excluding hydrogens is 276 g/mol. The van der Waals surface area contributed by atoms with E-state index in [4.69, 9.17) is 4.74 Å². The number of likely N-dealkylation sites (tertiary alicyclic amines) is 1. The summed E-state index contributed by atoms with van der Waals surface area (Å²) < 4.78 is 5.48. The molecule has 1 aromatic carbocycles. The van der Waals surface area contributed by atoms with Crippen molar-refractivity contribution in [1.29, 1.82) is 0 Å². The largest absolute Gasteiger partial charge is 0.389 e. The topological polar surface area (TPSA) is 35.9 Å². The number of hydrogen-bond acceptors (Lipinski definition) is 4. The summed E-state index contributed by atoms with van der Waals surface area (Å²) in [4.78, 5) is 4.74. The van der Waals surface area contributed by atoms with Gasteiger partial charge in [-0.2, -0.15) is 0 Å². The Labute approximate surface area is 134 Å². The molecule has 1 fully saturated rings. The Hall–Kier alpha value is -1.10. The maximum atomic E-state index is 10.0. The van der Waals surface area contributed by atoms with Crippen molar-refractivity contribution in [3.05, 3.63) is 30.3 Å². The number of nitrogens with zero attached hydrogens (tertiary/aromatic N) is 2. The van der Waals surface area contributed by atoms with Crippen molar-refractivity contribution in [1.82, 2.24) is 4.90 Å². The molecular formula is C18H30N2O2. The average molecular weight is 306 g/mol. The fraction of sp³-hybridized carbons (Fsp3) is 0.667. The molecule has 1 aliphatic heterocycles. The molecule has 0 radical (unpaired) electrons. The molecule has 1 unspecified atom stereocenters. The first kappa shape index (κ1) is 17.3. The Morgan fingerprint density at radius 3 is 2.45 bits per heavy atom. The molecule has 1 atom stereocenters. The van der Waals surface area contributed by atoms with Crippen LogP contribution in [0, 0.1) is 0 Å². The molecule has 0 spiro atoms. The van der Waals surface area contributed by atoms with E-state index in [2.05, 4.69) is 47.2 Å². The number of rotatable bonds is 7. The van der Waals surface area contributed by atoms with Gasteiger partial charge in [-0.3, -0.25) is 0 Å². The normalized spacial score (nSPS) is 18.6. The molecule has 4 nitrogen and oxygen atoms in total. The van der Waals surface area contributed by atoms with Gasteiger partial charge in [-0.25, -0.2) is 0 Å². The second-order valence-electron chi connectivity index (χ2n) is 6.51. The highest BCUT2D eigenvalue weighted by molar-refractivity contribution is 5.46. The van der Waals surface area contributed by atoms with Gasteiger partial charge in [-0.1, -0.05) is 18.2 Å². The summed E-state index contributed by atoms with van der Waals surface area (Å²) in [5, 5.41) is 10.0. The smallest absolute Gasteiger partial charge is 0.0900 e. The number of aliphatic hydroxyl groups excluding tert-OH is 1. The number of aliphatic hydroxyl groups is 1. The number of benzene rings is 1. The zero-order chi connectivity index (χ0) is 15.9. The van der Waals surface area contributed by atoms with Gasteiger partial charge < -0.3 is 19.6 Å². The van der Waals surface area contributed by atoms with Crippen LogP contribution < -0.4 is 4.90 Å². The molecule has 4 heteroatoms. The van der Waals surface area contributed by atoms with Crippen molar-refractivity contribution >= 4 is 5.69 Å². The van der Waals surface area contributed by atoms with E-state index in [0.29, 0.717) is 19.2 Å². The third-order valence-corrected chi connectivity index (χ3v) is 4.36. The van der Waals surface area contributed by atoms with Gasteiger partial charge in [0, 0.05) is 38.4 Å². The molecule has 22 heavy (non-hydrogen) atoms. The Kier molecular flexibility index (Phi) is 6.68. The van der Waals surface area contributed by atoms with E-state index in [0.717, 1.165) is 25.9 Å². The van der Waals surface area contributed by atoms with Crippen LogP contribution in [0.25, 0.3) is 0 Å². The summed E-state index contributed by atoms with van der Waals surface area (Å²) in [5.41, 5.74) is 1.28. The predicted molar refractivity (Wildman–Crippen MR) is 91.4 cm³/mol. The molecule has 0 amide bonds. The van der Waals surface area contributed by atoms with Crippen LogP contribution in [-0.4, -0.2) is 61.5 Å². The fourth-order valence-electron chi connectivity index (χ4n) is 3.02. The molecule has 1 saturated heterocycles. The van der Waals surface area contributed by atoms with Crippen molar-refractivity contribution < 1.29 is 9.84 Å². The third kappa shape index (κ3) is 5.27. The van der Waals surface area contributed by atoms with Gasteiger partial charge in [0.2, 0.25) is 0 Å². The summed E-state index contributed by atoms with van der Waals surface area (Å²) in [6.45, 7) is 7.23. The first-order valence-electron chi connectivity index (χ1n) is 8.36. The Balaban J connectivity index is 1.73. The second-order valence-corrected chi connectivity index (χ2v) is 6.51. The van der Waals surface area contributed by atoms with E-state index in [9.17, 15) is 5.11 Å². The number of β-amino-alcohol motifs (C(OH)–C–C–N with tert-alkyl or cyclic N) is 1. The number of ether oxygens (including phenoxy) is 1. The van der Waals surface area contributed by atoms with E-state index in [1.54, 1.807) is 0 Å². The SMILES string of the molecule is CC(C)OCC(O)CN1CCC(N(C)c2ccccc2)CC1. The Bertz CT molecular complexity index is 416. The standard InChI is InChI=1S/C18H30N2O2/c1-15(2)22-14-18(21)13-20-11-9-17(10-12-20)19(3)16-7-5-4-6-8-16/h4-8,15,17-18,21H,9-14H2,1-3H3. The van der Waals surface area contributed by atoms with Gasteiger partial charge in [0.25, 0.3) is 0 Å². The zero-order valence-corrected chi connectivity index (χ0v) is 14.1. The lowest BCUT2D eigenvalue weighted by atomic mass is 10.0. The zero-order valence-electron chi connectivity index (χ0n) is 14.1. The van der Waals surface area contributed by atoms with Crippen molar-refractivity contribution in [3.63, 3.8) is 0 Å². The lowest BCUT2D eigenvalue weighted by Gasteiger charge is -2.38. The fourth-order valence-corrected chi connectivity index (χ4v) is 3.02. The van der Waals surface area contributed by atoms with E-state index >= 15 is 0 Å². The molecule has 124 valence electrons. The Morgan fingerprint density at radius 1 is 1.23 bits per heavy atom. The Morgan fingerprint density at radius 2 is 1.86 bits per heavy atom. The lowest BCUT2D eigenvalue weighted by molar-refractivity contribution is -0.0111. The van der Waals surface area contributed by atoms with Crippen molar-refractivity contribution in [2.75, 3.05) is 38.2 Å². The second kappa shape index (κ2) is 8.51. The van der Waals surface area contributed by atoms with Crippen LogP contribution in [0.1, 0.15) is 26.7 Å². The molecule has 1 heterocycles. The number of para-hydroxylation sites is 1. The van der Waals surface area contributed by atoms with Gasteiger partial charge in [0.15, 0.2) is 0 Å². The van der Waals surface area contributed by atoms with Crippen LogP contribution in [0.15, 0.2) is 30.3 Å². The predicted octanol–water partition coefficient (Wildman–Crippen LogP) is 2.37. The molecule has 1 aromatic rings. The number of hydrogen-bond donors (Lipinski definition) is 1. The van der Waals surface area contributed by atoms with Crippen molar-refractivity contribution in [3.8, 4) is 0 Å². The molecule has 2 rings (SSSR count). The number of anilines is 1. The summed E-state index contributed by atoms with van der Waals surface area (Å²) in [6.07, 6.45) is 2.08. The lowest BCUT2D eigenvalue weighted by Crippen LogP contribution is -2.46. The molecule has 1 aliphatic rings. The molecule has 1 N–H and O–H groups in total. The van der Waals surface area contributed by atoms with E-state index in [-0.39, 0.29) is 12.2 Å². The summed E-state index contributed by atoms with van der Waals surface area (Å²) in [5.74, 6) is 0. The monoisotopic (exact) mass is 306 g/mol. The quantitative estimate of drug-likeness (QED) is 0.839. The molecule has 0 aromatic heterocycles. The van der Waals surface area contributed by atoms with Gasteiger partial charge in [-0.15, -0.1) is 0 Å². The van der Waals surface area contributed by atoms with E-state index in [1.807, 2.05) is 13.8 Å². The van der Waals surface area contributed by atoms with Gasteiger partial charge in [-0.05, 0) is 38.8 Å². The van der Waals surface area contributed by atoms with Crippen LogP contribution in [-0.2, 0) is 4.74 Å².